The van der Waals surface area contributed by atoms with Crippen molar-refractivity contribution in [2.75, 3.05) is 13.2 Å². The predicted molar refractivity (Wildman–Crippen MR) is 123 cm³/mol. The fourth-order valence-corrected chi connectivity index (χ4v) is 4.16. The van der Waals surface area contributed by atoms with Gasteiger partial charge in [0.2, 0.25) is 0 Å². The van der Waals surface area contributed by atoms with Crippen molar-refractivity contribution in [2.24, 2.45) is 0 Å². The zero-order valence-corrected chi connectivity index (χ0v) is 18.0. The number of rotatable bonds is 6. The molecule has 0 bridgehead atoms. The van der Waals surface area contributed by atoms with E-state index in [0.29, 0.717) is 30.7 Å². The van der Waals surface area contributed by atoms with Crippen LogP contribution >= 0.6 is 0 Å². The fraction of sp³-hybridized carbons (Fsp3) is 0.231. The van der Waals surface area contributed by atoms with Crippen LogP contribution in [-0.4, -0.2) is 40.0 Å². The molecule has 1 unspecified atom stereocenters. The minimum Gasteiger partial charge on any atom is -0.507 e. The van der Waals surface area contributed by atoms with Crippen molar-refractivity contribution >= 4 is 28.2 Å². The molecule has 0 saturated carbocycles. The maximum absolute atomic E-state index is 13.0. The summed E-state index contributed by atoms with van der Waals surface area (Å²) in [6.45, 7) is 4.43. The molecule has 0 spiro atoms. The largest absolute Gasteiger partial charge is 0.507 e. The zero-order chi connectivity index (χ0) is 22.8. The number of aliphatic hydroxyl groups excluding tert-OH is 1. The Morgan fingerprint density at radius 3 is 2.47 bits per heavy atom. The lowest BCUT2D eigenvalue weighted by Crippen LogP contribution is -2.30. The van der Waals surface area contributed by atoms with Crippen LogP contribution in [0.15, 0.2) is 66.2 Å². The number of hydrogen-bond donors (Lipinski definition) is 2. The molecule has 1 fully saturated rings. The number of ether oxygens (including phenoxy) is 1. The van der Waals surface area contributed by atoms with E-state index in [1.165, 1.54) is 11.0 Å². The third kappa shape index (κ3) is 3.68. The van der Waals surface area contributed by atoms with Crippen LogP contribution in [-0.2, 0) is 9.59 Å². The Labute approximate surface area is 186 Å². The molecule has 32 heavy (non-hydrogen) atoms. The van der Waals surface area contributed by atoms with Crippen molar-refractivity contribution in [1.82, 2.24) is 4.90 Å². The summed E-state index contributed by atoms with van der Waals surface area (Å²) < 4.78 is 5.50. The highest BCUT2D eigenvalue weighted by Crippen LogP contribution is 2.42. The molecule has 1 atom stereocenters. The van der Waals surface area contributed by atoms with Gasteiger partial charge in [-0.25, -0.2) is 0 Å². The molecule has 2 N–H and O–H groups in total. The second-order valence-corrected chi connectivity index (χ2v) is 7.71. The Morgan fingerprint density at radius 1 is 1.00 bits per heavy atom. The summed E-state index contributed by atoms with van der Waals surface area (Å²) in [4.78, 5) is 27.4. The third-order valence-corrected chi connectivity index (χ3v) is 5.63. The van der Waals surface area contributed by atoms with E-state index in [9.17, 15) is 19.8 Å². The first-order valence-corrected chi connectivity index (χ1v) is 10.7. The first-order valence-electron chi connectivity index (χ1n) is 10.7. The molecule has 4 rings (SSSR count). The Hall–Kier alpha value is -3.80. The molecule has 3 aromatic carbocycles. The van der Waals surface area contributed by atoms with Gasteiger partial charge in [0, 0.05) is 12.1 Å². The smallest absolute Gasteiger partial charge is 0.295 e. The van der Waals surface area contributed by atoms with Crippen LogP contribution in [0.4, 0.5) is 0 Å². The van der Waals surface area contributed by atoms with Crippen LogP contribution in [0, 0.1) is 0 Å². The molecule has 1 saturated heterocycles. The van der Waals surface area contributed by atoms with Gasteiger partial charge in [0.25, 0.3) is 11.7 Å². The van der Waals surface area contributed by atoms with Gasteiger partial charge in [-0.3, -0.25) is 9.59 Å². The topological polar surface area (TPSA) is 87.1 Å². The number of carbonyl (C=O) groups is 2. The van der Waals surface area contributed by atoms with E-state index in [2.05, 4.69) is 0 Å². The van der Waals surface area contributed by atoms with Gasteiger partial charge < -0.3 is 19.8 Å². The lowest BCUT2D eigenvalue weighted by Gasteiger charge is -2.25. The number of phenolic OH excluding ortho intramolecular Hbond substituents is 1. The van der Waals surface area contributed by atoms with Crippen molar-refractivity contribution in [3.63, 3.8) is 0 Å². The van der Waals surface area contributed by atoms with Gasteiger partial charge in [-0.1, -0.05) is 49.4 Å². The zero-order valence-electron chi connectivity index (χ0n) is 18.0. The molecule has 0 aromatic heterocycles. The van der Waals surface area contributed by atoms with Gasteiger partial charge in [0.05, 0.1) is 18.2 Å². The molecule has 3 aromatic rings. The number of likely N-dealkylation sites (tertiary alicyclic amines) is 1. The van der Waals surface area contributed by atoms with E-state index in [-0.39, 0.29) is 22.8 Å². The summed E-state index contributed by atoms with van der Waals surface area (Å²) in [6, 6.07) is 17.1. The van der Waals surface area contributed by atoms with Gasteiger partial charge in [0.1, 0.15) is 5.76 Å². The van der Waals surface area contributed by atoms with Crippen molar-refractivity contribution < 1.29 is 24.5 Å². The van der Waals surface area contributed by atoms with E-state index in [0.717, 1.165) is 10.8 Å². The SMILES string of the molecule is CCCN1C(=O)C(=O)/C(=C(/O)c2ccc3ccccc3c2)C1c1ccc(O)c(OCC)c1. The molecule has 1 aliphatic rings. The fourth-order valence-electron chi connectivity index (χ4n) is 4.16. The number of Topliss-reactive ketones (excluding diaryl/α,β-unsaturated/α-hetero) is 1. The molecule has 1 heterocycles. The number of aliphatic hydroxyl groups is 1. The summed E-state index contributed by atoms with van der Waals surface area (Å²) in [7, 11) is 0. The Kier molecular flexibility index (Phi) is 5.86. The number of phenols is 1. The molecule has 0 radical (unpaired) electrons. The van der Waals surface area contributed by atoms with E-state index in [4.69, 9.17) is 4.74 Å². The van der Waals surface area contributed by atoms with Gasteiger partial charge in [-0.15, -0.1) is 0 Å². The number of carbonyl (C=O) groups excluding carboxylic acids is 2. The summed E-state index contributed by atoms with van der Waals surface area (Å²) in [5, 5.41) is 23.2. The maximum atomic E-state index is 13.0. The van der Waals surface area contributed by atoms with Crippen molar-refractivity contribution in [1.29, 1.82) is 0 Å². The third-order valence-electron chi connectivity index (χ3n) is 5.63. The standard InChI is InChI=1S/C26H25NO5/c1-3-13-27-23(18-11-12-20(28)21(15-18)32-4-2)22(25(30)26(27)31)24(29)19-10-9-16-7-5-6-8-17(16)14-19/h5-12,14-15,23,28-29H,3-4,13H2,1-2H3/b24-22+. The number of amides is 1. The summed E-state index contributed by atoms with van der Waals surface area (Å²) in [5.74, 6) is -1.36. The van der Waals surface area contributed by atoms with Crippen LogP contribution in [0.1, 0.15) is 37.4 Å². The molecule has 6 nitrogen and oxygen atoms in total. The minimum absolute atomic E-state index is 0.0300. The molecular formula is C26H25NO5. The predicted octanol–water partition coefficient (Wildman–Crippen LogP) is 4.78. The molecule has 0 aliphatic carbocycles. The van der Waals surface area contributed by atoms with Gasteiger partial charge in [-0.05, 0) is 47.9 Å². The summed E-state index contributed by atoms with van der Waals surface area (Å²) >= 11 is 0. The Morgan fingerprint density at radius 2 is 1.75 bits per heavy atom. The van der Waals surface area contributed by atoms with Crippen molar-refractivity contribution in [3.8, 4) is 11.5 Å². The number of aromatic hydroxyl groups is 1. The number of fused-ring (bicyclic) bond motifs is 1. The lowest BCUT2D eigenvalue weighted by molar-refractivity contribution is -0.139. The van der Waals surface area contributed by atoms with Crippen molar-refractivity contribution in [2.45, 2.75) is 26.3 Å². The molecule has 164 valence electrons. The maximum Gasteiger partial charge on any atom is 0.295 e. The molecule has 1 amide bonds. The van der Waals surface area contributed by atoms with Crippen LogP contribution in [0.3, 0.4) is 0 Å². The van der Waals surface area contributed by atoms with Gasteiger partial charge in [0.15, 0.2) is 11.5 Å². The minimum atomic E-state index is -0.777. The van der Waals surface area contributed by atoms with Crippen molar-refractivity contribution in [3.05, 3.63) is 77.4 Å². The quantitative estimate of drug-likeness (QED) is 0.333. The second-order valence-electron chi connectivity index (χ2n) is 7.71. The lowest BCUT2D eigenvalue weighted by atomic mass is 9.94. The van der Waals surface area contributed by atoms with Crippen LogP contribution in [0.5, 0.6) is 11.5 Å². The van der Waals surface area contributed by atoms with E-state index in [1.54, 1.807) is 31.2 Å². The monoisotopic (exact) mass is 431 g/mol. The molecule has 1 aliphatic heterocycles. The number of nitrogens with zero attached hydrogens (tertiary/aromatic N) is 1. The summed E-state index contributed by atoms with van der Waals surface area (Å²) in [5.41, 5.74) is 1.08. The summed E-state index contributed by atoms with van der Waals surface area (Å²) in [6.07, 6.45) is 0.649. The van der Waals surface area contributed by atoms with E-state index in [1.807, 2.05) is 37.3 Å². The van der Waals surface area contributed by atoms with Gasteiger partial charge >= 0.3 is 0 Å². The normalized spacial score (nSPS) is 17.8. The Balaban J connectivity index is 1.90. The average molecular weight is 431 g/mol. The van der Waals surface area contributed by atoms with Crippen LogP contribution in [0.25, 0.3) is 16.5 Å². The van der Waals surface area contributed by atoms with Crippen LogP contribution < -0.4 is 4.74 Å². The number of ketones is 1. The van der Waals surface area contributed by atoms with E-state index < -0.39 is 17.7 Å². The number of benzene rings is 3. The highest BCUT2D eigenvalue weighted by molar-refractivity contribution is 6.46. The highest BCUT2D eigenvalue weighted by Gasteiger charge is 2.45. The molecular weight excluding hydrogens is 406 g/mol. The average Bonchev–Trinajstić information content (AvgIpc) is 3.05. The molecule has 6 heteroatoms. The first kappa shape index (κ1) is 21.4. The highest BCUT2D eigenvalue weighted by atomic mass is 16.5. The van der Waals surface area contributed by atoms with Gasteiger partial charge in [-0.2, -0.15) is 0 Å². The van der Waals surface area contributed by atoms with E-state index >= 15 is 0 Å². The van der Waals surface area contributed by atoms with Crippen LogP contribution in [0.2, 0.25) is 0 Å². The number of hydrogen-bond acceptors (Lipinski definition) is 5. The first-order chi connectivity index (χ1) is 15.5. The second kappa shape index (κ2) is 8.75. The Bertz CT molecular complexity index is 1230.